The summed E-state index contributed by atoms with van der Waals surface area (Å²) in [6, 6.07) is 14.3. The number of ether oxygens (including phenoxy) is 1. The molecule has 0 aliphatic heterocycles. The highest BCUT2D eigenvalue weighted by Gasteiger charge is 2.44. The number of esters is 1. The zero-order chi connectivity index (χ0) is 18.4. The molecule has 0 spiro atoms. The first-order valence-corrected chi connectivity index (χ1v) is 9.70. The third kappa shape index (κ3) is 4.43. The third-order valence-electron chi connectivity index (χ3n) is 3.88. The Kier molecular flexibility index (Phi) is 6.27. The summed E-state index contributed by atoms with van der Waals surface area (Å²) < 4.78 is 30.1. The van der Waals surface area contributed by atoms with Crippen molar-refractivity contribution in [3.63, 3.8) is 0 Å². The van der Waals surface area contributed by atoms with Crippen LogP contribution in [0.1, 0.15) is 24.5 Å². The molecule has 1 unspecified atom stereocenters. The first-order valence-electron chi connectivity index (χ1n) is 8.09. The number of hydrogen-bond acceptors (Lipinski definition) is 5. The molecule has 134 valence electrons. The van der Waals surface area contributed by atoms with E-state index in [-0.39, 0.29) is 6.42 Å². The van der Waals surface area contributed by atoms with E-state index in [1.807, 2.05) is 38.1 Å². The second kappa shape index (κ2) is 8.21. The Labute approximate surface area is 148 Å². The van der Waals surface area contributed by atoms with Gasteiger partial charge in [-0.1, -0.05) is 43.3 Å². The second-order valence-corrected chi connectivity index (χ2v) is 7.77. The molecule has 6 heteroatoms. The molecule has 0 aliphatic rings. The van der Waals surface area contributed by atoms with E-state index in [1.165, 1.54) is 7.11 Å². The molecule has 0 saturated heterocycles. The lowest BCUT2D eigenvalue weighted by Crippen LogP contribution is -2.26. The van der Waals surface area contributed by atoms with Crippen LogP contribution in [0.3, 0.4) is 0 Å². The summed E-state index contributed by atoms with van der Waals surface area (Å²) in [6.07, 6.45) is 0.266. The molecule has 0 fully saturated rings. The van der Waals surface area contributed by atoms with Gasteiger partial charge in [0.15, 0.2) is 5.66 Å². The standard InChI is InChI=1S/C19H23O5P/c1-5-18(19(20)22-4)25(21,23-16-12-8-6-10-14(16)2)24-17-13-9-7-11-15(17)3/h6-13,18H,5H2,1-4H3. The molecule has 1 atom stereocenters. The summed E-state index contributed by atoms with van der Waals surface area (Å²) in [5.41, 5.74) is 0.586. The maximum Gasteiger partial charge on any atom is 0.445 e. The molecule has 0 saturated carbocycles. The molecule has 0 radical (unpaired) electrons. The van der Waals surface area contributed by atoms with Gasteiger partial charge >= 0.3 is 13.6 Å². The molecular weight excluding hydrogens is 339 g/mol. The molecule has 0 aromatic heterocycles. The van der Waals surface area contributed by atoms with Gasteiger partial charge in [-0.05, 0) is 43.5 Å². The number of benzene rings is 2. The predicted molar refractivity (Wildman–Crippen MR) is 97.3 cm³/mol. The average molecular weight is 362 g/mol. The Morgan fingerprint density at radius 2 is 1.40 bits per heavy atom. The molecule has 2 aromatic carbocycles. The molecular formula is C19H23O5P. The Morgan fingerprint density at radius 3 is 1.76 bits per heavy atom. The summed E-state index contributed by atoms with van der Waals surface area (Å²) >= 11 is 0. The van der Waals surface area contributed by atoms with Gasteiger partial charge in [0.05, 0.1) is 7.11 Å². The Bertz CT molecular complexity index is 735. The van der Waals surface area contributed by atoms with Gasteiger partial charge in [0, 0.05) is 0 Å². The second-order valence-electron chi connectivity index (χ2n) is 5.70. The lowest BCUT2D eigenvalue weighted by atomic mass is 10.2. The molecule has 5 nitrogen and oxygen atoms in total. The first kappa shape index (κ1) is 19.1. The van der Waals surface area contributed by atoms with Gasteiger partial charge < -0.3 is 13.8 Å². The fourth-order valence-corrected chi connectivity index (χ4v) is 4.45. The number of rotatable bonds is 7. The lowest BCUT2D eigenvalue weighted by Gasteiger charge is -2.26. The SMILES string of the molecule is CCC(C(=O)OC)P(=O)(Oc1ccccc1C)Oc1ccccc1C. The maximum atomic E-state index is 13.6. The van der Waals surface area contributed by atoms with Crippen LogP contribution in [0.5, 0.6) is 11.5 Å². The van der Waals surface area contributed by atoms with Crippen LogP contribution < -0.4 is 9.05 Å². The summed E-state index contributed by atoms with van der Waals surface area (Å²) in [6.45, 7) is 5.43. The molecule has 25 heavy (non-hydrogen) atoms. The first-order chi connectivity index (χ1) is 11.9. The van der Waals surface area contributed by atoms with Crippen molar-refractivity contribution in [3.05, 3.63) is 59.7 Å². The van der Waals surface area contributed by atoms with Crippen LogP contribution in [0.2, 0.25) is 0 Å². The molecule has 0 aliphatic carbocycles. The highest BCUT2D eigenvalue weighted by molar-refractivity contribution is 7.56. The largest absolute Gasteiger partial charge is 0.468 e. The van der Waals surface area contributed by atoms with E-state index in [0.29, 0.717) is 11.5 Å². The van der Waals surface area contributed by atoms with Crippen LogP contribution in [0, 0.1) is 13.8 Å². The molecule has 2 aromatic rings. The van der Waals surface area contributed by atoms with Crippen LogP contribution in [0.25, 0.3) is 0 Å². The van der Waals surface area contributed by atoms with Crippen molar-refractivity contribution in [1.29, 1.82) is 0 Å². The highest BCUT2D eigenvalue weighted by atomic mass is 31.2. The summed E-state index contributed by atoms with van der Waals surface area (Å²) in [4.78, 5) is 12.2. The van der Waals surface area contributed by atoms with Gasteiger partial charge in [0.25, 0.3) is 0 Å². The molecule has 2 rings (SSSR count). The number of carbonyl (C=O) groups excluding carboxylic acids is 1. The predicted octanol–water partition coefficient (Wildman–Crippen LogP) is 4.91. The van der Waals surface area contributed by atoms with E-state index in [1.54, 1.807) is 31.2 Å². The van der Waals surface area contributed by atoms with Crippen molar-refractivity contribution < 1.29 is 23.1 Å². The minimum atomic E-state index is -3.87. The Morgan fingerprint density at radius 1 is 0.960 bits per heavy atom. The summed E-state index contributed by atoms with van der Waals surface area (Å²) in [7, 11) is -2.61. The molecule has 0 bridgehead atoms. The summed E-state index contributed by atoms with van der Waals surface area (Å²) in [5.74, 6) is 0.219. The molecule has 0 amide bonds. The van der Waals surface area contributed by atoms with E-state index < -0.39 is 19.2 Å². The van der Waals surface area contributed by atoms with Crippen LogP contribution in [-0.2, 0) is 14.1 Å². The number of carbonyl (C=O) groups is 1. The Balaban J connectivity index is 2.47. The quantitative estimate of drug-likeness (QED) is 0.517. The fourth-order valence-electron chi connectivity index (χ4n) is 2.39. The minimum absolute atomic E-state index is 0.266. The number of aryl methyl sites for hydroxylation is 2. The maximum absolute atomic E-state index is 13.6. The van der Waals surface area contributed by atoms with Gasteiger partial charge in [-0.3, -0.25) is 4.79 Å². The topological polar surface area (TPSA) is 61.8 Å². The fraction of sp³-hybridized carbons (Fsp3) is 0.316. The smallest absolute Gasteiger partial charge is 0.445 e. The van der Waals surface area contributed by atoms with Gasteiger partial charge in [-0.25, -0.2) is 4.57 Å². The van der Waals surface area contributed by atoms with Crippen molar-refractivity contribution in [2.45, 2.75) is 32.9 Å². The zero-order valence-corrected chi connectivity index (χ0v) is 15.8. The van der Waals surface area contributed by atoms with E-state index in [0.717, 1.165) is 11.1 Å². The van der Waals surface area contributed by atoms with E-state index >= 15 is 0 Å². The normalized spacial score (nSPS) is 12.3. The van der Waals surface area contributed by atoms with Crippen molar-refractivity contribution >= 4 is 13.6 Å². The van der Waals surface area contributed by atoms with Gasteiger partial charge in [0.2, 0.25) is 0 Å². The Hall–Kier alpha value is -2.26. The molecule has 0 heterocycles. The van der Waals surface area contributed by atoms with E-state index in [4.69, 9.17) is 13.8 Å². The zero-order valence-electron chi connectivity index (χ0n) is 14.9. The monoisotopic (exact) mass is 362 g/mol. The van der Waals surface area contributed by atoms with Crippen molar-refractivity contribution in [2.24, 2.45) is 0 Å². The minimum Gasteiger partial charge on any atom is -0.468 e. The van der Waals surface area contributed by atoms with Gasteiger partial charge in [0.1, 0.15) is 11.5 Å². The average Bonchev–Trinajstić information content (AvgIpc) is 2.59. The van der Waals surface area contributed by atoms with E-state index in [2.05, 4.69) is 0 Å². The van der Waals surface area contributed by atoms with Crippen LogP contribution in [0.4, 0.5) is 0 Å². The van der Waals surface area contributed by atoms with Gasteiger partial charge in [-0.15, -0.1) is 0 Å². The van der Waals surface area contributed by atoms with Crippen LogP contribution in [-0.4, -0.2) is 18.7 Å². The number of para-hydroxylation sites is 2. The highest BCUT2D eigenvalue weighted by Crippen LogP contribution is 2.55. The van der Waals surface area contributed by atoms with Crippen LogP contribution in [0.15, 0.2) is 48.5 Å². The summed E-state index contributed by atoms with van der Waals surface area (Å²) in [5, 5.41) is 0. The third-order valence-corrected chi connectivity index (χ3v) is 6.12. The number of methoxy groups -OCH3 is 1. The van der Waals surface area contributed by atoms with Crippen LogP contribution >= 0.6 is 7.60 Å². The van der Waals surface area contributed by atoms with Crippen molar-refractivity contribution in [2.75, 3.05) is 7.11 Å². The van der Waals surface area contributed by atoms with E-state index in [9.17, 15) is 9.36 Å². The van der Waals surface area contributed by atoms with Crippen molar-refractivity contribution in [3.8, 4) is 11.5 Å². The molecule has 0 N–H and O–H groups in total. The van der Waals surface area contributed by atoms with Gasteiger partial charge in [-0.2, -0.15) is 0 Å². The number of hydrogen-bond donors (Lipinski definition) is 0. The van der Waals surface area contributed by atoms with Crippen molar-refractivity contribution in [1.82, 2.24) is 0 Å². The lowest BCUT2D eigenvalue weighted by molar-refractivity contribution is -0.140.